The molecule has 1 nitrogen and oxygen atoms in total. The number of thiophene rings is 2. The van der Waals surface area contributed by atoms with E-state index in [0.29, 0.717) is 0 Å². The van der Waals surface area contributed by atoms with Crippen molar-refractivity contribution in [1.82, 2.24) is 0 Å². The summed E-state index contributed by atoms with van der Waals surface area (Å²) in [6.07, 6.45) is 12.0. The fraction of sp³-hybridized carbons (Fsp3) is 0.0175. The Kier molecular flexibility index (Phi) is 8.36. The molecule has 0 aliphatic heterocycles. The zero-order valence-electron chi connectivity index (χ0n) is 32.7. The monoisotopic (exact) mass is 799 g/mol. The fourth-order valence-electron chi connectivity index (χ4n) is 9.27. The molecule has 1 aliphatic carbocycles. The molecule has 0 amide bonds. The van der Waals surface area contributed by atoms with E-state index in [0.717, 1.165) is 23.5 Å². The summed E-state index contributed by atoms with van der Waals surface area (Å²) in [6.45, 7) is 0. The molecule has 0 bridgehead atoms. The standard InChI is InChI=1S/C57H37NS2/c1-2-4-16-37(15-3-1)38-29-31-40(32-30-38)58(53-35-39-17-5-6-18-42(39)43-19-7-8-20-45(43)53)41-33-34-44(48-23-13-24-49-46-21-9-11-27-54(46)59-56(48)49)52(36-41)51-26-14-25-50-47-22-10-12-28-55(47)60-57(50)51/h1,3-36H,2H2. The highest BCUT2D eigenvalue weighted by Crippen LogP contribution is 2.49. The lowest BCUT2D eigenvalue weighted by molar-refractivity contribution is 1.30. The van der Waals surface area contributed by atoms with Crippen LogP contribution in [0.15, 0.2) is 212 Å². The number of rotatable bonds is 6. The van der Waals surface area contributed by atoms with Crippen molar-refractivity contribution in [1.29, 1.82) is 0 Å². The van der Waals surface area contributed by atoms with Crippen LogP contribution in [0.3, 0.4) is 0 Å². The summed E-state index contributed by atoms with van der Waals surface area (Å²) in [5.74, 6) is 0. The Labute approximate surface area is 356 Å². The summed E-state index contributed by atoms with van der Waals surface area (Å²) in [7, 11) is 0. The van der Waals surface area contributed by atoms with Gasteiger partial charge in [-0.2, -0.15) is 0 Å². The van der Waals surface area contributed by atoms with Crippen molar-refractivity contribution in [3.05, 3.63) is 218 Å². The van der Waals surface area contributed by atoms with E-state index in [-0.39, 0.29) is 0 Å². The van der Waals surface area contributed by atoms with Gasteiger partial charge in [-0.3, -0.25) is 0 Å². The van der Waals surface area contributed by atoms with Crippen LogP contribution in [-0.2, 0) is 0 Å². The molecular formula is C57H37NS2. The molecule has 0 saturated heterocycles. The van der Waals surface area contributed by atoms with E-state index in [4.69, 9.17) is 0 Å². The first kappa shape index (κ1) is 35.0. The summed E-state index contributed by atoms with van der Waals surface area (Å²) >= 11 is 3.79. The van der Waals surface area contributed by atoms with Crippen LogP contribution in [0.4, 0.5) is 17.1 Å². The highest BCUT2D eigenvalue weighted by molar-refractivity contribution is 7.26. The van der Waals surface area contributed by atoms with Crippen molar-refractivity contribution in [2.45, 2.75) is 6.42 Å². The SMILES string of the molecule is C1=CCC=CC(c2ccc(N(c3ccc(-c4cccc5c4sc4ccccc45)c(-c4cccc5c4sc4ccccc45)c3)c3cc4ccccc4c4ccccc34)cc2)=C1. The van der Waals surface area contributed by atoms with Gasteiger partial charge in [0.15, 0.2) is 0 Å². The van der Waals surface area contributed by atoms with Crippen LogP contribution in [0, 0.1) is 0 Å². The number of fused-ring (bicyclic) bond motifs is 9. The summed E-state index contributed by atoms with van der Waals surface area (Å²) in [4.78, 5) is 2.48. The second kappa shape index (κ2) is 14.4. The molecule has 282 valence electrons. The van der Waals surface area contributed by atoms with Gasteiger partial charge in [0.2, 0.25) is 0 Å². The van der Waals surface area contributed by atoms with Gasteiger partial charge in [0.1, 0.15) is 0 Å². The maximum Gasteiger partial charge on any atom is 0.0546 e. The zero-order chi connectivity index (χ0) is 39.6. The second-order valence-corrected chi connectivity index (χ2v) is 17.6. The van der Waals surface area contributed by atoms with Gasteiger partial charge in [-0.1, -0.05) is 170 Å². The average Bonchev–Trinajstić information content (AvgIpc) is 3.76. The highest BCUT2D eigenvalue weighted by atomic mass is 32.1. The highest BCUT2D eigenvalue weighted by Gasteiger charge is 2.22. The zero-order valence-corrected chi connectivity index (χ0v) is 34.3. The molecule has 0 saturated carbocycles. The van der Waals surface area contributed by atoms with Crippen LogP contribution < -0.4 is 4.90 Å². The van der Waals surface area contributed by atoms with Gasteiger partial charge in [0.25, 0.3) is 0 Å². The third-order valence-electron chi connectivity index (χ3n) is 12.1. The molecule has 1 aliphatic rings. The molecule has 11 aromatic rings. The van der Waals surface area contributed by atoms with Gasteiger partial charge in [-0.15, -0.1) is 22.7 Å². The molecule has 0 N–H and O–H groups in total. The van der Waals surface area contributed by atoms with Crippen molar-refractivity contribution < 1.29 is 0 Å². The van der Waals surface area contributed by atoms with Crippen LogP contribution in [0.25, 0.3) is 89.7 Å². The van der Waals surface area contributed by atoms with E-state index in [1.165, 1.54) is 95.3 Å². The Morgan fingerprint density at radius 3 is 1.70 bits per heavy atom. The lowest BCUT2D eigenvalue weighted by atomic mass is 9.91. The van der Waals surface area contributed by atoms with Gasteiger partial charge in [0.05, 0.1) is 5.69 Å². The van der Waals surface area contributed by atoms with Crippen molar-refractivity contribution in [3.8, 4) is 22.3 Å². The molecule has 0 radical (unpaired) electrons. The van der Waals surface area contributed by atoms with E-state index in [2.05, 4.69) is 217 Å². The molecule has 12 rings (SSSR count). The Bertz CT molecular complexity index is 3580. The smallest absolute Gasteiger partial charge is 0.0546 e. The number of nitrogens with zero attached hydrogens (tertiary/aromatic N) is 1. The predicted octanol–water partition coefficient (Wildman–Crippen LogP) is 17.4. The maximum atomic E-state index is 2.48. The third kappa shape index (κ3) is 5.73. The third-order valence-corrected chi connectivity index (χ3v) is 14.5. The summed E-state index contributed by atoms with van der Waals surface area (Å²) in [5, 5.41) is 10.2. The fourth-order valence-corrected chi connectivity index (χ4v) is 11.7. The quantitative estimate of drug-likeness (QED) is 0.151. The first-order valence-corrected chi connectivity index (χ1v) is 22.2. The van der Waals surface area contributed by atoms with E-state index >= 15 is 0 Å². The van der Waals surface area contributed by atoms with Crippen LogP contribution >= 0.6 is 22.7 Å². The summed E-state index contributed by atoms with van der Waals surface area (Å²) in [5.41, 5.74) is 10.8. The Hall–Kier alpha value is -7.04. The molecule has 0 fully saturated rings. The predicted molar refractivity (Wildman–Crippen MR) is 264 cm³/mol. The Morgan fingerprint density at radius 1 is 0.400 bits per heavy atom. The first-order valence-electron chi connectivity index (χ1n) is 20.6. The molecule has 0 atom stereocenters. The van der Waals surface area contributed by atoms with Crippen LogP contribution in [0.5, 0.6) is 0 Å². The molecule has 2 aromatic heterocycles. The maximum absolute atomic E-state index is 2.48. The lowest BCUT2D eigenvalue weighted by Crippen LogP contribution is -2.11. The topological polar surface area (TPSA) is 3.24 Å². The van der Waals surface area contributed by atoms with E-state index in [1.54, 1.807) is 0 Å². The van der Waals surface area contributed by atoms with Crippen molar-refractivity contribution in [2.75, 3.05) is 4.90 Å². The molecule has 0 unspecified atom stereocenters. The van der Waals surface area contributed by atoms with Gasteiger partial charge in [0, 0.05) is 68.2 Å². The van der Waals surface area contributed by atoms with E-state index in [1.807, 2.05) is 22.7 Å². The van der Waals surface area contributed by atoms with Crippen LogP contribution in [0.1, 0.15) is 12.0 Å². The minimum atomic E-state index is 0.950. The molecule has 2 heterocycles. The molecular weight excluding hydrogens is 763 g/mol. The minimum Gasteiger partial charge on any atom is -0.310 e. The van der Waals surface area contributed by atoms with Gasteiger partial charge in [-0.25, -0.2) is 0 Å². The normalized spacial score (nSPS) is 12.9. The Balaban J connectivity index is 1.15. The molecule has 0 spiro atoms. The number of benzene rings is 9. The van der Waals surface area contributed by atoms with Gasteiger partial charge in [-0.05, 0) is 87.3 Å². The molecule has 60 heavy (non-hydrogen) atoms. The van der Waals surface area contributed by atoms with Crippen LogP contribution in [0.2, 0.25) is 0 Å². The number of hydrogen-bond acceptors (Lipinski definition) is 3. The minimum absolute atomic E-state index is 0.950. The summed E-state index contributed by atoms with van der Waals surface area (Å²) < 4.78 is 5.25. The lowest BCUT2D eigenvalue weighted by Gasteiger charge is -2.29. The van der Waals surface area contributed by atoms with Crippen LogP contribution in [-0.4, -0.2) is 0 Å². The number of allylic oxidation sites excluding steroid dienone is 6. The largest absolute Gasteiger partial charge is 0.310 e. The average molecular weight is 800 g/mol. The first-order chi connectivity index (χ1) is 29.8. The van der Waals surface area contributed by atoms with Gasteiger partial charge < -0.3 is 4.90 Å². The second-order valence-electron chi connectivity index (χ2n) is 15.5. The van der Waals surface area contributed by atoms with Crippen molar-refractivity contribution in [3.63, 3.8) is 0 Å². The number of anilines is 3. The van der Waals surface area contributed by atoms with E-state index in [9.17, 15) is 0 Å². The molecule has 3 heteroatoms. The van der Waals surface area contributed by atoms with Crippen molar-refractivity contribution in [2.24, 2.45) is 0 Å². The summed E-state index contributed by atoms with van der Waals surface area (Å²) in [6, 6.07) is 67.7. The van der Waals surface area contributed by atoms with Crippen molar-refractivity contribution >= 4 is 107 Å². The number of hydrogen-bond donors (Lipinski definition) is 0. The Morgan fingerprint density at radius 2 is 0.983 bits per heavy atom. The molecule has 9 aromatic carbocycles. The van der Waals surface area contributed by atoms with E-state index < -0.39 is 0 Å². The van der Waals surface area contributed by atoms with Gasteiger partial charge >= 0.3 is 0 Å².